The zero-order valence-corrected chi connectivity index (χ0v) is 48.3. The number of nitrogens with zero attached hydrogens (tertiary/aromatic N) is 4. The molecule has 484 valence electrons. The van der Waals surface area contributed by atoms with Gasteiger partial charge < -0.3 is 36.2 Å². The van der Waals surface area contributed by atoms with E-state index >= 15 is 0 Å². The molecule has 2 aromatic heterocycles. The first-order valence-corrected chi connectivity index (χ1v) is 28.5. The molecule has 4 atom stereocenters. The summed E-state index contributed by atoms with van der Waals surface area (Å²) in [6, 6.07) is 19.8. The van der Waals surface area contributed by atoms with Crippen LogP contribution in [0.15, 0.2) is 109 Å². The van der Waals surface area contributed by atoms with E-state index in [1.54, 1.807) is 60.9 Å². The second-order valence-corrected chi connectivity index (χ2v) is 23.6. The van der Waals surface area contributed by atoms with Gasteiger partial charge in [-0.1, -0.05) is 30.7 Å². The summed E-state index contributed by atoms with van der Waals surface area (Å²) in [7, 11) is 0. The predicted molar refractivity (Wildman–Crippen MR) is 301 cm³/mol. The largest absolute Gasteiger partial charge is 0.490 e. The number of rotatable bonds is 12. The third-order valence-corrected chi connectivity index (χ3v) is 17.9. The minimum absolute atomic E-state index is 0.0808. The van der Waals surface area contributed by atoms with Crippen molar-refractivity contribution in [3.63, 3.8) is 0 Å². The number of hydrogen-bond acceptors (Lipinski definition) is 9. The molecule has 2 spiro atoms. The van der Waals surface area contributed by atoms with E-state index in [1.165, 1.54) is 13.8 Å². The van der Waals surface area contributed by atoms with Crippen molar-refractivity contribution >= 4 is 64.4 Å². The van der Waals surface area contributed by atoms with Crippen LogP contribution in [0, 0.1) is 34.1 Å². The Labute approximate surface area is 514 Å². The number of amides is 6. The maximum Gasteiger partial charge on any atom is 0.490 e. The molecule has 2 aliphatic heterocycles. The van der Waals surface area contributed by atoms with Crippen LogP contribution >= 0.6 is 0 Å². The number of carbonyl (C=O) groups is 7. The SMILES string of the molecule is C[C@H](c1cc(F)cc(F)c1)N(CC(=O)Nc1ccc2c(c1)C[C@@]1(C2)C(=O)Nc2ncccc21)C(=O)C1(C(F)(F)F)CC1.C[C@H](c1cc(F)cc(F)c1)N(CC(=O)Nc1ccc2c(c1)C[C@@]1(C2)C(=O)Nc2ncccc21)C(=O)C1(C(F)(F)F)CCC1.O=C(O)C(F)(F)F. The smallest absolute Gasteiger partial charge is 0.475 e. The summed E-state index contributed by atoms with van der Waals surface area (Å²) in [6.45, 7) is 1.09. The average Bonchev–Trinajstić information content (AvgIpc) is 1.37. The molecule has 4 aromatic carbocycles. The molecule has 0 saturated heterocycles. The van der Waals surface area contributed by atoms with Gasteiger partial charge in [0.25, 0.3) is 0 Å². The van der Waals surface area contributed by atoms with E-state index in [2.05, 4.69) is 31.2 Å². The molecule has 0 radical (unpaired) electrons. The zero-order chi connectivity index (χ0) is 66.8. The van der Waals surface area contributed by atoms with E-state index in [9.17, 15) is 85.8 Å². The maximum atomic E-state index is 14.1. The molecule has 4 heterocycles. The first-order valence-electron chi connectivity index (χ1n) is 28.5. The van der Waals surface area contributed by atoms with Crippen molar-refractivity contribution in [3.8, 4) is 0 Å². The van der Waals surface area contributed by atoms with Crippen LogP contribution in [0.3, 0.4) is 0 Å². The van der Waals surface area contributed by atoms with Crippen LogP contribution in [0.5, 0.6) is 0 Å². The van der Waals surface area contributed by atoms with Crippen molar-refractivity contribution in [2.75, 3.05) is 34.4 Å². The molecule has 0 bridgehead atoms. The predicted octanol–water partition coefficient (Wildman–Crippen LogP) is 11.5. The number of carboxylic acid groups (broad SMARTS) is 1. The minimum Gasteiger partial charge on any atom is -0.475 e. The van der Waals surface area contributed by atoms with Crippen LogP contribution in [-0.4, -0.2) is 97.9 Å². The number of nitrogens with one attached hydrogen (secondary N) is 4. The fraction of sp³-hybridized carbons (Fsp3) is 0.349. The van der Waals surface area contributed by atoms with Crippen molar-refractivity contribution in [1.82, 2.24) is 19.8 Å². The number of aliphatic carboxylic acids is 1. The van der Waals surface area contributed by atoms with E-state index in [-0.39, 0.29) is 29.4 Å². The number of pyridine rings is 2. The van der Waals surface area contributed by atoms with Gasteiger partial charge in [0, 0.05) is 47.0 Å². The molecule has 16 nitrogen and oxygen atoms in total. The summed E-state index contributed by atoms with van der Waals surface area (Å²) < 4.78 is 172. The van der Waals surface area contributed by atoms with E-state index < -0.39 is 144 Å². The molecule has 0 unspecified atom stereocenters. The summed E-state index contributed by atoms with van der Waals surface area (Å²) in [4.78, 5) is 98.0. The highest BCUT2D eigenvalue weighted by molar-refractivity contribution is 6.07. The number of anilines is 4. The maximum absolute atomic E-state index is 14.1. The summed E-state index contributed by atoms with van der Waals surface area (Å²) in [5.41, 5.74) is -1.47. The first-order chi connectivity index (χ1) is 43.1. The molecule has 5 N–H and O–H groups in total. The third kappa shape index (κ3) is 12.3. The van der Waals surface area contributed by atoms with Gasteiger partial charge in [-0.3, -0.25) is 28.8 Å². The van der Waals surface area contributed by atoms with Gasteiger partial charge in [-0.05, 0) is 159 Å². The first kappa shape index (κ1) is 65.5. The van der Waals surface area contributed by atoms with Gasteiger partial charge in [0.1, 0.15) is 58.8 Å². The summed E-state index contributed by atoms with van der Waals surface area (Å²) in [6.07, 6.45) is -11.6. The topological polar surface area (TPSA) is 220 Å². The molecular formula is C63H53F13N8O8. The third-order valence-electron chi connectivity index (χ3n) is 17.9. The van der Waals surface area contributed by atoms with E-state index in [0.29, 0.717) is 60.8 Å². The Hall–Kier alpha value is -9.44. The molecule has 4 aliphatic carbocycles. The zero-order valence-electron chi connectivity index (χ0n) is 48.3. The second-order valence-electron chi connectivity index (χ2n) is 23.6. The summed E-state index contributed by atoms with van der Waals surface area (Å²) in [5, 5.41) is 18.0. The van der Waals surface area contributed by atoms with Crippen LogP contribution in [0.2, 0.25) is 0 Å². The number of alkyl halides is 9. The van der Waals surface area contributed by atoms with Crippen molar-refractivity contribution < 1.29 is 95.7 Å². The summed E-state index contributed by atoms with van der Waals surface area (Å²) in [5.74, 6) is -10.1. The standard InChI is InChI=1S/C31H27F5N4O3.C30H25F5N4O3.C2HF3O2/c1-17(19-10-21(32)13-22(33)11-19)40(28(43)30(7-3-8-30)31(34,35)36)16-25(41)38-23-6-5-18-14-29(15-20(18)12-23)24-4-2-9-37-26(24)39-27(29)42;1-16(18-9-20(31)12-21(32)10-18)39(27(42)29(6-7-29)30(33,34)35)15-24(40)37-22-5-4-17-13-28(14-19(17)11-22)23-3-2-8-36-25(23)38-26(28)41;3-2(4,5)1(6)7/h2,4-6,9-13,17H,3,7-8,14-16H2,1H3,(H,38,41)(H,37,39,42);2-5,8-12,16H,6-7,13-15H2,1H3,(H,37,40)(H,36,38,41);(H,6,7)/t17-,29-;16-,28-;/m11./s1. The number of halogens is 13. The number of carboxylic acids is 1. The van der Waals surface area contributed by atoms with Crippen LogP contribution in [-0.2, 0) is 70.1 Å². The minimum atomic E-state index is -5.08. The number of fused-ring (bicyclic) bond motifs is 6. The Morgan fingerprint density at radius 1 is 0.533 bits per heavy atom. The monoisotopic (exact) mass is 1300 g/mol. The van der Waals surface area contributed by atoms with Crippen LogP contribution in [0.1, 0.15) is 103 Å². The van der Waals surface area contributed by atoms with Crippen molar-refractivity contribution in [2.24, 2.45) is 10.8 Å². The molecule has 2 saturated carbocycles. The molecule has 6 aromatic rings. The molecular weight excluding hydrogens is 1240 g/mol. The fourth-order valence-corrected chi connectivity index (χ4v) is 12.6. The van der Waals surface area contributed by atoms with Crippen molar-refractivity contribution in [1.29, 1.82) is 0 Å². The molecule has 6 aliphatic rings. The van der Waals surface area contributed by atoms with Gasteiger partial charge in [0.15, 0.2) is 0 Å². The molecule has 12 rings (SSSR count). The van der Waals surface area contributed by atoms with E-state index in [4.69, 9.17) is 9.90 Å². The van der Waals surface area contributed by atoms with E-state index in [0.717, 1.165) is 67.4 Å². The number of carbonyl (C=O) groups excluding carboxylic acids is 6. The molecule has 29 heteroatoms. The van der Waals surface area contributed by atoms with Gasteiger partial charge in [0.05, 0.1) is 22.9 Å². The highest BCUT2D eigenvalue weighted by Crippen LogP contribution is 2.60. The Morgan fingerprint density at radius 2 is 0.880 bits per heavy atom. The lowest BCUT2D eigenvalue weighted by Crippen LogP contribution is -2.57. The summed E-state index contributed by atoms with van der Waals surface area (Å²) >= 11 is 0. The second kappa shape index (κ2) is 24.0. The quantitative estimate of drug-likeness (QED) is 0.0730. The number of benzene rings is 4. The average molecular weight is 1300 g/mol. The van der Waals surface area contributed by atoms with Gasteiger partial charge in [0.2, 0.25) is 35.4 Å². The lowest BCUT2D eigenvalue weighted by atomic mass is 9.67. The fourth-order valence-electron chi connectivity index (χ4n) is 12.6. The normalized spacial score (nSPS) is 19.8. The van der Waals surface area contributed by atoms with Gasteiger partial charge in [-0.15, -0.1) is 0 Å². The van der Waals surface area contributed by atoms with Crippen molar-refractivity contribution in [2.45, 2.75) is 113 Å². The molecule has 92 heavy (non-hydrogen) atoms. The van der Waals surface area contributed by atoms with Crippen LogP contribution in [0.25, 0.3) is 0 Å². The Kier molecular flexibility index (Phi) is 17.1. The lowest BCUT2D eigenvalue weighted by molar-refractivity contribution is -0.249. The Morgan fingerprint density at radius 3 is 1.20 bits per heavy atom. The highest BCUT2D eigenvalue weighted by atomic mass is 19.4. The van der Waals surface area contributed by atoms with Gasteiger partial charge >= 0.3 is 24.5 Å². The lowest BCUT2D eigenvalue weighted by Gasteiger charge is -2.45. The number of hydrogen-bond donors (Lipinski definition) is 5. The highest BCUT2D eigenvalue weighted by Gasteiger charge is 2.70. The Balaban J connectivity index is 0.000000183. The van der Waals surface area contributed by atoms with Gasteiger partial charge in [-0.2, -0.15) is 39.5 Å². The molecule has 2 fully saturated rings. The van der Waals surface area contributed by atoms with Crippen LogP contribution < -0.4 is 21.3 Å². The Bertz CT molecular complexity index is 3960. The molecule has 6 amide bonds. The van der Waals surface area contributed by atoms with Gasteiger partial charge in [-0.25, -0.2) is 32.3 Å². The van der Waals surface area contributed by atoms with Crippen LogP contribution in [0.4, 0.5) is 80.1 Å². The van der Waals surface area contributed by atoms with Crippen molar-refractivity contribution in [3.05, 3.63) is 177 Å². The van der Waals surface area contributed by atoms with E-state index in [1.807, 2.05) is 12.1 Å². The number of aromatic nitrogens is 2.